The van der Waals surface area contributed by atoms with E-state index < -0.39 is 16.1 Å². The molecule has 2 N–H and O–H groups in total. The first-order valence-electron chi connectivity index (χ1n) is 5.78. The van der Waals surface area contributed by atoms with Gasteiger partial charge in [-0.2, -0.15) is 0 Å². The molecule has 0 amide bonds. The van der Waals surface area contributed by atoms with E-state index in [2.05, 4.69) is 4.72 Å². The summed E-state index contributed by atoms with van der Waals surface area (Å²) in [7, 11) is -3.56. The first-order chi connectivity index (χ1) is 9.03. The summed E-state index contributed by atoms with van der Waals surface area (Å²) in [5, 5.41) is 8.83. The fourth-order valence-electron chi connectivity index (χ4n) is 1.63. The smallest absolute Gasteiger partial charge is 0.250 e. The van der Waals surface area contributed by atoms with E-state index in [0.29, 0.717) is 12.2 Å². The molecule has 19 heavy (non-hydrogen) atoms. The molecule has 0 spiro atoms. The van der Waals surface area contributed by atoms with Gasteiger partial charge in [0.1, 0.15) is 9.97 Å². The van der Waals surface area contributed by atoms with Gasteiger partial charge in [0, 0.05) is 17.9 Å². The fraction of sp³-hybridized carbons (Fsp3) is 0.333. The molecule has 0 bridgehead atoms. The van der Waals surface area contributed by atoms with Gasteiger partial charge in [0.2, 0.25) is 0 Å². The number of hydrogen-bond acceptors (Lipinski definition) is 5. The molecule has 5 nitrogen and oxygen atoms in total. The summed E-state index contributed by atoms with van der Waals surface area (Å²) in [6.07, 6.45) is 1.97. The summed E-state index contributed by atoms with van der Waals surface area (Å²) in [5.41, 5.74) is 0. The maximum absolute atomic E-state index is 12.2. The van der Waals surface area contributed by atoms with E-state index >= 15 is 0 Å². The molecule has 0 saturated carbocycles. The maximum atomic E-state index is 12.2. The van der Waals surface area contributed by atoms with Crippen molar-refractivity contribution in [3.63, 3.8) is 0 Å². The van der Waals surface area contributed by atoms with Gasteiger partial charge < -0.3 is 9.52 Å². The number of sulfonamides is 1. The van der Waals surface area contributed by atoms with Gasteiger partial charge in [0.15, 0.2) is 0 Å². The van der Waals surface area contributed by atoms with Gasteiger partial charge in [-0.05, 0) is 31.2 Å². The minimum Gasteiger partial charge on any atom is -0.468 e. The minimum atomic E-state index is -3.56. The molecule has 2 heterocycles. The van der Waals surface area contributed by atoms with Crippen LogP contribution in [0.1, 0.15) is 23.6 Å². The molecular formula is C12H15NO4S2. The number of nitrogens with one attached hydrogen (secondary N) is 1. The van der Waals surface area contributed by atoms with Crippen LogP contribution in [0.3, 0.4) is 0 Å². The molecule has 104 valence electrons. The first-order valence-corrected chi connectivity index (χ1v) is 8.08. The molecule has 1 atom stereocenters. The molecule has 0 aromatic carbocycles. The third-order valence-corrected chi connectivity index (χ3v) is 5.74. The highest BCUT2D eigenvalue weighted by molar-refractivity contribution is 7.91. The molecule has 0 aliphatic heterocycles. The Kier molecular flexibility index (Phi) is 4.41. The third kappa shape index (κ3) is 3.44. The van der Waals surface area contributed by atoms with Crippen molar-refractivity contribution in [1.29, 1.82) is 0 Å². The lowest BCUT2D eigenvalue weighted by Crippen LogP contribution is -2.25. The van der Waals surface area contributed by atoms with Crippen LogP contribution >= 0.6 is 11.3 Å². The highest BCUT2D eigenvalue weighted by Gasteiger charge is 2.21. The molecular weight excluding hydrogens is 286 g/mol. The molecule has 0 aliphatic rings. The Morgan fingerprint density at radius 3 is 2.84 bits per heavy atom. The van der Waals surface area contributed by atoms with Crippen molar-refractivity contribution < 1.29 is 17.9 Å². The lowest BCUT2D eigenvalue weighted by molar-refractivity contribution is 0.300. The molecule has 2 rings (SSSR count). The second-order valence-electron chi connectivity index (χ2n) is 4.05. The minimum absolute atomic E-state index is 0.0101. The van der Waals surface area contributed by atoms with E-state index in [1.807, 2.05) is 0 Å². The van der Waals surface area contributed by atoms with Crippen LogP contribution in [0.2, 0.25) is 0 Å². The van der Waals surface area contributed by atoms with E-state index in [0.717, 1.165) is 16.2 Å². The lowest BCUT2D eigenvalue weighted by Gasteiger charge is -2.10. The van der Waals surface area contributed by atoms with Gasteiger partial charge in [-0.25, -0.2) is 13.1 Å². The predicted molar refractivity (Wildman–Crippen MR) is 72.6 cm³/mol. The molecule has 0 saturated heterocycles. The van der Waals surface area contributed by atoms with Crippen LogP contribution in [-0.4, -0.2) is 20.1 Å². The molecule has 7 heteroatoms. The van der Waals surface area contributed by atoms with Gasteiger partial charge in [-0.3, -0.25) is 0 Å². The molecule has 0 fully saturated rings. The van der Waals surface area contributed by atoms with E-state index in [1.165, 1.54) is 6.26 Å². The highest BCUT2D eigenvalue weighted by Crippen LogP contribution is 2.24. The largest absolute Gasteiger partial charge is 0.468 e. The number of rotatable bonds is 6. The van der Waals surface area contributed by atoms with E-state index in [-0.39, 0.29) is 10.8 Å². The lowest BCUT2D eigenvalue weighted by atomic mass is 10.3. The molecule has 1 unspecified atom stereocenters. The zero-order chi connectivity index (χ0) is 13.9. The van der Waals surface area contributed by atoms with Crippen LogP contribution in [0.4, 0.5) is 0 Å². The van der Waals surface area contributed by atoms with Crippen molar-refractivity contribution in [2.75, 3.05) is 6.61 Å². The second-order valence-corrected chi connectivity index (χ2v) is 7.16. The van der Waals surface area contributed by atoms with Crippen LogP contribution in [-0.2, 0) is 16.4 Å². The standard InChI is InChI=1S/C12H15NO4S2/c1-9(11-3-2-8-17-11)13-19(15,16)12-5-4-10(18-12)6-7-14/h2-5,8-9,13-14H,6-7H2,1H3. The summed E-state index contributed by atoms with van der Waals surface area (Å²) in [6, 6.07) is 6.27. The number of aliphatic hydroxyl groups is 1. The van der Waals surface area contributed by atoms with Crippen LogP contribution in [0.15, 0.2) is 39.2 Å². The summed E-state index contributed by atoms with van der Waals surface area (Å²) >= 11 is 1.16. The third-order valence-electron chi connectivity index (χ3n) is 2.56. The van der Waals surface area contributed by atoms with Gasteiger partial charge in [-0.15, -0.1) is 11.3 Å². The van der Waals surface area contributed by atoms with Crippen LogP contribution in [0, 0.1) is 0 Å². The Labute approximate surface area is 115 Å². The average Bonchev–Trinajstić information content (AvgIpc) is 2.99. The first kappa shape index (κ1) is 14.3. The van der Waals surface area contributed by atoms with E-state index in [9.17, 15) is 8.42 Å². The summed E-state index contributed by atoms with van der Waals surface area (Å²) in [5.74, 6) is 0.565. The summed E-state index contributed by atoms with van der Waals surface area (Å²) < 4.78 is 32.3. The van der Waals surface area contributed by atoms with Crippen LogP contribution in [0.5, 0.6) is 0 Å². The Bertz CT molecular complexity index is 616. The Morgan fingerprint density at radius 2 is 2.21 bits per heavy atom. The topological polar surface area (TPSA) is 79.5 Å². The highest BCUT2D eigenvalue weighted by atomic mass is 32.2. The normalized spacial score (nSPS) is 13.6. The van der Waals surface area contributed by atoms with Crippen molar-refractivity contribution in [2.24, 2.45) is 0 Å². The van der Waals surface area contributed by atoms with Crippen molar-refractivity contribution in [1.82, 2.24) is 4.72 Å². The van der Waals surface area contributed by atoms with Crippen LogP contribution < -0.4 is 4.72 Å². The Balaban J connectivity index is 2.13. The molecule has 2 aromatic rings. The summed E-state index contributed by atoms with van der Waals surface area (Å²) in [6.45, 7) is 1.73. The molecule has 2 aromatic heterocycles. The van der Waals surface area contributed by atoms with Gasteiger partial charge >= 0.3 is 0 Å². The monoisotopic (exact) mass is 301 g/mol. The zero-order valence-corrected chi connectivity index (χ0v) is 12.0. The van der Waals surface area contributed by atoms with Gasteiger partial charge in [0.25, 0.3) is 10.0 Å². The quantitative estimate of drug-likeness (QED) is 0.854. The zero-order valence-electron chi connectivity index (χ0n) is 10.4. The van der Waals surface area contributed by atoms with Gasteiger partial charge in [0.05, 0.1) is 12.3 Å². The molecule has 0 aliphatic carbocycles. The second kappa shape index (κ2) is 5.87. The SMILES string of the molecule is CC(NS(=O)(=O)c1ccc(CCO)s1)c1ccco1. The Morgan fingerprint density at radius 1 is 1.42 bits per heavy atom. The van der Waals surface area contributed by atoms with Crippen molar-refractivity contribution in [3.05, 3.63) is 41.2 Å². The number of thiophene rings is 1. The van der Waals surface area contributed by atoms with Crippen molar-refractivity contribution >= 4 is 21.4 Å². The summed E-state index contributed by atoms with van der Waals surface area (Å²) in [4.78, 5) is 0.841. The van der Waals surface area contributed by atoms with E-state index in [4.69, 9.17) is 9.52 Å². The molecule has 0 radical (unpaired) electrons. The predicted octanol–water partition coefficient (Wildman–Crippen LogP) is 1.92. The average molecular weight is 301 g/mol. The number of aliphatic hydroxyl groups excluding tert-OH is 1. The number of furan rings is 1. The van der Waals surface area contributed by atoms with Crippen molar-refractivity contribution in [2.45, 2.75) is 23.6 Å². The fourth-order valence-corrected chi connectivity index (χ4v) is 4.21. The Hall–Kier alpha value is -1.15. The van der Waals surface area contributed by atoms with E-state index in [1.54, 1.807) is 31.2 Å². The number of hydrogen-bond donors (Lipinski definition) is 2. The van der Waals surface area contributed by atoms with Crippen LogP contribution in [0.25, 0.3) is 0 Å². The van der Waals surface area contributed by atoms with Gasteiger partial charge in [-0.1, -0.05) is 0 Å². The maximum Gasteiger partial charge on any atom is 0.250 e. The van der Waals surface area contributed by atoms with Crippen molar-refractivity contribution in [3.8, 4) is 0 Å².